The molecule has 2 amide bonds. The van der Waals surface area contributed by atoms with Crippen LogP contribution in [-0.2, 0) is 10.5 Å². The smallest absolute Gasteiger partial charge is 0.270 e. The summed E-state index contributed by atoms with van der Waals surface area (Å²) in [5, 5.41) is 11.3. The second-order valence-corrected chi connectivity index (χ2v) is 6.35. The highest BCUT2D eigenvalue weighted by Crippen LogP contribution is 2.16. The van der Waals surface area contributed by atoms with E-state index in [1.165, 1.54) is 30.0 Å². The van der Waals surface area contributed by atoms with Crippen molar-refractivity contribution in [2.45, 2.75) is 5.75 Å². The molecule has 0 heterocycles. The summed E-state index contributed by atoms with van der Waals surface area (Å²) in [7, 11) is 0. The number of hydrogen-bond acceptors (Lipinski definition) is 5. The highest BCUT2D eigenvalue weighted by atomic mass is 35.5. The minimum atomic E-state index is -0.628. The molecule has 0 spiro atoms. The van der Waals surface area contributed by atoms with E-state index < -0.39 is 10.8 Å². The largest absolute Gasteiger partial charge is 0.272 e. The maximum Gasteiger partial charge on any atom is 0.270 e. The van der Waals surface area contributed by atoms with E-state index in [-0.39, 0.29) is 22.9 Å². The van der Waals surface area contributed by atoms with Gasteiger partial charge in [-0.2, -0.15) is 0 Å². The van der Waals surface area contributed by atoms with Gasteiger partial charge in [0.1, 0.15) is 0 Å². The molecule has 0 aliphatic heterocycles. The van der Waals surface area contributed by atoms with Gasteiger partial charge in [0.05, 0.1) is 10.7 Å². The van der Waals surface area contributed by atoms with E-state index in [0.29, 0.717) is 10.8 Å². The van der Waals surface area contributed by atoms with E-state index in [1.807, 2.05) is 18.2 Å². The second kappa shape index (κ2) is 9.05. The third kappa shape index (κ3) is 6.09. The number of benzene rings is 2. The van der Waals surface area contributed by atoms with Crippen molar-refractivity contribution in [1.82, 2.24) is 10.9 Å². The Morgan fingerprint density at radius 3 is 2.60 bits per heavy atom. The number of rotatable bonds is 6. The first-order valence-corrected chi connectivity index (χ1v) is 8.65. The van der Waals surface area contributed by atoms with Crippen LogP contribution in [0.5, 0.6) is 0 Å². The van der Waals surface area contributed by atoms with E-state index in [1.54, 1.807) is 6.07 Å². The Kier molecular flexibility index (Phi) is 6.79. The molecule has 0 aromatic heterocycles. The fourth-order valence-corrected chi connectivity index (χ4v) is 2.87. The van der Waals surface area contributed by atoms with E-state index >= 15 is 0 Å². The molecule has 0 aliphatic carbocycles. The molecule has 130 valence electrons. The summed E-state index contributed by atoms with van der Waals surface area (Å²) in [6.45, 7) is 0. The van der Waals surface area contributed by atoms with Crippen LogP contribution >= 0.6 is 23.4 Å². The number of thioether (sulfide) groups is 1. The molecule has 0 bridgehead atoms. The predicted molar refractivity (Wildman–Crippen MR) is 96.3 cm³/mol. The van der Waals surface area contributed by atoms with Crippen LogP contribution < -0.4 is 10.9 Å². The molecule has 7 nitrogen and oxygen atoms in total. The maximum absolute atomic E-state index is 11.9. The van der Waals surface area contributed by atoms with Crippen molar-refractivity contribution in [2.24, 2.45) is 0 Å². The van der Waals surface area contributed by atoms with Gasteiger partial charge in [0.25, 0.3) is 11.6 Å². The fraction of sp³-hybridized carbons (Fsp3) is 0.125. The monoisotopic (exact) mass is 379 g/mol. The lowest BCUT2D eigenvalue weighted by molar-refractivity contribution is -0.384. The zero-order chi connectivity index (χ0) is 18.2. The Labute approximate surface area is 152 Å². The SMILES string of the molecule is O=C(CSCc1cccc(Cl)c1)NNC(=O)c1cccc([N+](=O)[O-])c1. The Morgan fingerprint density at radius 1 is 1.12 bits per heavy atom. The topological polar surface area (TPSA) is 101 Å². The van der Waals surface area contributed by atoms with Crippen molar-refractivity contribution >= 4 is 40.9 Å². The number of carbonyl (C=O) groups is 2. The van der Waals surface area contributed by atoms with Crippen molar-refractivity contribution in [1.29, 1.82) is 0 Å². The molecule has 0 saturated carbocycles. The first-order chi connectivity index (χ1) is 12.0. The standard InChI is InChI=1S/C16H14ClN3O4S/c17-13-5-1-3-11(7-13)9-25-10-15(21)18-19-16(22)12-4-2-6-14(8-12)20(23)24/h1-8H,9-10H2,(H,18,21)(H,19,22). The van der Waals surface area contributed by atoms with Crippen LogP contribution in [0.1, 0.15) is 15.9 Å². The van der Waals surface area contributed by atoms with Gasteiger partial charge in [-0.25, -0.2) is 0 Å². The van der Waals surface area contributed by atoms with Crippen molar-refractivity contribution in [3.8, 4) is 0 Å². The van der Waals surface area contributed by atoms with E-state index in [9.17, 15) is 19.7 Å². The molecule has 0 unspecified atom stereocenters. The minimum absolute atomic E-state index is 0.0843. The second-order valence-electron chi connectivity index (χ2n) is 4.93. The molecule has 0 atom stereocenters. The fourth-order valence-electron chi connectivity index (χ4n) is 1.88. The Hall–Kier alpha value is -2.58. The lowest BCUT2D eigenvalue weighted by Crippen LogP contribution is -2.42. The van der Waals surface area contributed by atoms with Gasteiger partial charge in [-0.3, -0.25) is 30.6 Å². The zero-order valence-corrected chi connectivity index (χ0v) is 14.5. The third-order valence-corrected chi connectivity index (χ3v) is 4.26. The minimum Gasteiger partial charge on any atom is -0.272 e. The summed E-state index contributed by atoms with van der Waals surface area (Å²) in [5.74, 6) is -0.267. The molecule has 0 fully saturated rings. The Morgan fingerprint density at radius 2 is 1.88 bits per heavy atom. The third-order valence-electron chi connectivity index (χ3n) is 3.03. The van der Waals surface area contributed by atoms with Crippen LogP contribution in [0.15, 0.2) is 48.5 Å². The molecular formula is C16H14ClN3O4S. The van der Waals surface area contributed by atoms with Crippen molar-refractivity contribution in [3.05, 3.63) is 74.8 Å². The van der Waals surface area contributed by atoms with Crippen molar-refractivity contribution in [3.63, 3.8) is 0 Å². The molecule has 2 rings (SSSR count). The van der Waals surface area contributed by atoms with Crippen molar-refractivity contribution < 1.29 is 14.5 Å². The summed E-state index contributed by atoms with van der Waals surface area (Å²) < 4.78 is 0. The molecule has 2 N–H and O–H groups in total. The molecule has 0 saturated heterocycles. The summed E-state index contributed by atoms with van der Waals surface area (Å²) in [6.07, 6.45) is 0. The predicted octanol–water partition coefficient (Wildman–Crippen LogP) is 2.94. The maximum atomic E-state index is 11.9. The van der Waals surface area contributed by atoms with Crippen LogP contribution in [0.2, 0.25) is 5.02 Å². The van der Waals surface area contributed by atoms with Crippen LogP contribution in [0.25, 0.3) is 0 Å². The molecule has 2 aromatic carbocycles. The molecule has 0 radical (unpaired) electrons. The Bertz CT molecular complexity index is 800. The highest BCUT2D eigenvalue weighted by Gasteiger charge is 2.12. The van der Waals surface area contributed by atoms with Crippen LogP contribution in [0.3, 0.4) is 0 Å². The zero-order valence-electron chi connectivity index (χ0n) is 12.9. The first kappa shape index (κ1) is 18.8. The average molecular weight is 380 g/mol. The van der Waals surface area contributed by atoms with E-state index in [0.717, 1.165) is 11.6 Å². The summed E-state index contributed by atoms with van der Waals surface area (Å²) >= 11 is 7.25. The number of nitrogens with one attached hydrogen (secondary N) is 2. The summed E-state index contributed by atoms with van der Waals surface area (Å²) in [4.78, 5) is 33.7. The van der Waals surface area contributed by atoms with Gasteiger partial charge in [0.15, 0.2) is 0 Å². The summed E-state index contributed by atoms with van der Waals surface area (Å²) in [5.41, 5.74) is 5.38. The molecule has 0 aliphatic rings. The number of nitrogens with zero attached hydrogens (tertiary/aromatic N) is 1. The number of hydrazine groups is 1. The van der Waals surface area contributed by atoms with Crippen LogP contribution in [-0.4, -0.2) is 22.5 Å². The average Bonchev–Trinajstić information content (AvgIpc) is 2.60. The van der Waals surface area contributed by atoms with Gasteiger partial charge >= 0.3 is 0 Å². The number of non-ortho nitro benzene ring substituents is 1. The number of halogens is 1. The van der Waals surface area contributed by atoms with Gasteiger partial charge in [0, 0.05) is 28.5 Å². The quantitative estimate of drug-likeness (QED) is 0.593. The van der Waals surface area contributed by atoms with Gasteiger partial charge in [-0.05, 0) is 23.8 Å². The van der Waals surface area contributed by atoms with Crippen LogP contribution in [0.4, 0.5) is 5.69 Å². The molecule has 25 heavy (non-hydrogen) atoms. The number of amides is 2. The Balaban J connectivity index is 1.76. The number of nitro groups is 1. The highest BCUT2D eigenvalue weighted by molar-refractivity contribution is 7.99. The summed E-state index contributed by atoms with van der Waals surface area (Å²) in [6, 6.07) is 12.6. The molecular weight excluding hydrogens is 366 g/mol. The van der Waals surface area contributed by atoms with Crippen LogP contribution in [0, 0.1) is 10.1 Å². The van der Waals surface area contributed by atoms with Gasteiger partial charge in [-0.1, -0.05) is 29.8 Å². The molecule has 9 heteroatoms. The number of carbonyl (C=O) groups excluding carboxylic acids is 2. The van der Waals surface area contributed by atoms with E-state index in [4.69, 9.17) is 11.6 Å². The number of nitro benzene ring substituents is 1. The number of hydrogen-bond donors (Lipinski definition) is 2. The first-order valence-electron chi connectivity index (χ1n) is 7.11. The lowest BCUT2D eigenvalue weighted by atomic mass is 10.2. The molecule has 2 aromatic rings. The van der Waals surface area contributed by atoms with E-state index in [2.05, 4.69) is 10.9 Å². The lowest BCUT2D eigenvalue weighted by Gasteiger charge is -2.07. The normalized spacial score (nSPS) is 10.1. The van der Waals surface area contributed by atoms with Gasteiger partial charge < -0.3 is 0 Å². The van der Waals surface area contributed by atoms with Crippen molar-refractivity contribution in [2.75, 3.05) is 5.75 Å². The van der Waals surface area contributed by atoms with Gasteiger partial charge in [0.2, 0.25) is 5.91 Å². The van der Waals surface area contributed by atoms with Gasteiger partial charge in [-0.15, -0.1) is 11.8 Å².